The third-order valence-electron chi connectivity index (χ3n) is 2.07. The van der Waals surface area contributed by atoms with Crippen LogP contribution in [0, 0.1) is 5.82 Å². The SMILES string of the molecule is CCOC(=O)c1noc(-c2cccc(Br)c2F)n1. The molecule has 0 atom stereocenters. The molecule has 0 aliphatic heterocycles. The van der Waals surface area contributed by atoms with Gasteiger partial charge in [0.25, 0.3) is 11.7 Å². The Bertz CT molecular complexity index is 585. The van der Waals surface area contributed by atoms with E-state index in [2.05, 4.69) is 26.1 Å². The standard InChI is InChI=1S/C11H8BrFN2O3/c1-2-17-11(16)9-14-10(18-15-9)6-4-3-5-7(12)8(6)13/h3-5H,2H2,1H3. The van der Waals surface area contributed by atoms with Gasteiger partial charge < -0.3 is 9.26 Å². The summed E-state index contributed by atoms with van der Waals surface area (Å²) in [5, 5.41) is 3.44. The molecule has 0 bridgehead atoms. The van der Waals surface area contributed by atoms with Crippen LogP contribution in [0.2, 0.25) is 0 Å². The van der Waals surface area contributed by atoms with E-state index in [1.165, 1.54) is 6.07 Å². The zero-order valence-corrected chi connectivity index (χ0v) is 10.9. The minimum absolute atomic E-state index is 0.0724. The van der Waals surface area contributed by atoms with Crippen molar-refractivity contribution in [2.24, 2.45) is 0 Å². The van der Waals surface area contributed by atoms with Gasteiger partial charge in [0.15, 0.2) is 0 Å². The highest BCUT2D eigenvalue weighted by Crippen LogP contribution is 2.26. The molecule has 0 saturated heterocycles. The van der Waals surface area contributed by atoms with Gasteiger partial charge in [0.05, 0.1) is 16.6 Å². The number of carbonyl (C=O) groups is 1. The quantitative estimate of drug-likeness (QED) is 0.815. The zero-order valence-electron chi connectivity index (χ0n) is 9.31. The monoisotopic (exact) mass is 314 g/mol. The number of hydrogen-bond donors (Lipinski definition) is 0. The van der Waals surface area contributed by atoms with Crippen LogP contribution in [-0.2, 0) is 4.74 Å². The van der Waals surface area contributed by atoms with E-state index in [1.807, 2.05) is 0 Å². The molecule has 2 rings (SSSR count). The third kappa shape index (κ3) is 2.40. The molecule has 2 aromatic rings. The number of aromatic nitrogens is 2. The number of ether oxygens (including phenoxy) is 1. The van der Waals surface area contributed by atoms with Crippen LogP contribution >= 0.6 is 15.9 Å². The molecule has 0 spiro atoms. The fraction of sp³-hybridized carbons (Fsp3) is 0.182. The van der Waals surface area contributed by atoms with E-state index in [0.717, 1.165) is 0 Å². The van der Waals surface area contributed by atoms with Crippen molar-refractivity contribution in [2.45, 2.75) is 6.92 Å². The van der Waals surface area contributed by atoms with Gasteiger partial charge in [-0.1, -0.05) is 6.07 Å². The maximum atomic E-state index is 13.8. The van der Waals surface area contributed by atoms with E-state index in [9.17, 15) is 9.18 Å². The van der Waals surface area contributed by atoms with Gasteiger partial charge in [-0.25, -0.2) is 9.18 Å². The average Bonchev–Trinajstić information content (AvgIpc) is 2.82. The van der Waals surface area contributed by atoms with Gasteiger partial charge in [-0.05, 0) is 40.1 Å². The van der Waals surface area contributed by atoms with E-state index in [-0.39, 0.29) is 28.4 Å². The van der Waals surface area contributed by atoms with E-state index in [1.54, 1.807) is 19.1 Å². The lowest BCUT2D eigenvalue weighted by atomic mass is 10.2. The van der Waals surface area contributed by atoms with E-state index < -0.39 is 11.8 Å². The molecule has 0 unspecified atom stereocenters. The molecule has 1 heterocycles. The number of carbonyl (C=O) groups excluding carboxylic acids is 1. The lowest BCUT2D eigenvalue weighted by Gasteiger charge is -1.98. The van der Waals surface area contributed by atoms with Crippen LogP contribution in [0.4, 0.5) is 4.39 Å². The summed E-state index contributed by atoms with van der Waals surface area (Å²) in [6.45, 7) is 1.86. The van der Waals surface area contributed by atoms with Gasteiger partial charge in [-0.2, -0.15) is 4.98 Å². The molecule has 0 fully saturated rings. The van der Waals surface area contributed by atoms with Gasteiger partial charge in [-0.15, -0.1) is 0 Å². The Labute approximate surface area is 110 Å². The van der Waals surface area contributed by atoms with Crippen LogP contribution in [0.1, 0.15) is 17.5 Å². The van der Waals surface area contributed by atoms with Gasteiger partial charge >= 0.3 is 5.97 Å². The summed E-state index contributed by atoms with van der Waals surface area (Å²) in [5.74, 6) is -1.54. The van der Waals surface area contributed by atoms with E-state index in [0.29, 0.717) is 0 Å². The molecule has 0 N–H and O–H groups in total. The first-order valence-corrected chi connectivity index (χ1v) is 5.88. The molecule has 0 radical (unpaired) electrons. The Kier molecular flexibility index (Phi) is 3.71. The van der Waals surface area contributed by atoms with Crippen LogP contribution in [0.15, 0.2) is 27.2 Å². The highest BCUT2D eigenvalue weighted by atomic mass is 79.9. The highest BCUT2D eigenvalue weighted by molar-refractivity contribution is 9.10. The normalized spacial score (nSPS) is 10.4. The first-order valence-electron chi connectivity index (χ1n) is 5.08. The molecular weight excluding hydrogens is 307 g/mol. The lowest BCUT2D eigenvalue weighted by Crippen LogP contribution is -2.06. The molecule has 0 aliphatic carbocycles. The van der Waals surface area contributed by atoms with Crippen LogP contribution in [0.3, 0.4) is 0 Å². The maximum absolute atomic E-state index is 13.8. The van der Waals surface area contributed by atoms with E-state index >= 15 is 0 Å². The van der Waals surface area contributed by atoms with Gasteiger partial charge in [0.1, 0.15) is 5.82 Å². The van der Waals surface area contributed by atoms with Gasteiger partial charge in [-0.3, -0.25) is 0 Å². The number of esters is 1. The van der Waals surface area contributed by atoms with Crippen molar-refractivity contribution in [3.63, 3.8) is 0 Å². The molecule has 18 heavy (non-hydrogen) atoms. The third-order valence-corrected chi connectivity index (χ3v) is 2.68. The summed E-state index contributed by atoms with van der Waals surface area (Å²) in [5.41, 5.74) is 0.118. The smallest absolute Gasteiger partial charge is 0.379 e. The Balaban J connectivity index is 2.35. The van der Waals surface area contributed by atoms with Crippen LogP contribution in [0.5, 0.6) is 0 Å². The van der Waals surface area contributed by atoms with Crippen molar-refractivity contribution in [1.82, 2.24) is 10.1 Å². The average molecular weight is 315 g/mol. The van der Waals surface area contributed by atoms with Crippen molar-refractivity contribution in [3.8, 4) is 11.5 Å². The number of benzene rings is 1. The summed E-state index contributed by atoms with van der Waals surface area (Å²) < 4.78 is 23.6. The molecule has 1 aromatic heterocycles. The summed E-state index contributed by atoms with van der Waals surface area (Å²) in [6, 6.07) is 4.64. The van der Waals surface area contributed by atoms with Gasteiger partial charge in [0, 0.05) is 0 Å². The molecule has 7 heteroatoms. The van der Waals surface area contributed by atoms with Crippen LogP contribution in [0.25, 0.3) is 11.5 Å². The topological polar surface area (TPSA) is 65.2 Å². The van der Waals surface area contributed by atoms with Crippen molar-refractivity contribution in [3.05, 3.63) is 34.3 Å². The molecule has 5 nitrogen and oxygen atoms in total. The fourth-order valence-corrected chi connectivity index (χ4v) is 1.65. The lowest BCUT2D eigenvalue weighted by molar-refractivity contribution is 0.0508. The number of hydrogen-bond acceptors (Lipinski definition) is 5. The minimum atomic E-state index is -0.706. The molecule has 0 aliphatic rings. The van der Waals surface area contributed by atoms with Crippen molar-refractivity contribution >= 4 is 21.9 Å². The van der Waals surface area contributed by atoms with Crippen molar-refractivity contribution in [1.29, 1.82) is 0 Å². The Morgan fingerprint density at radius 2 is 2.33 bits per heavy atom. The molecule has 1 aromatic carbocycles. The Morgan fingerprint density at radius 3 is 3.06 bits per heavy atom. The van der Waals surface area contributed by atoms with Crippen molar-refractivity contribution in [2.75, 3.05) is 6.61 Å². The van der Waals surface area contributed by atoms with Gasteiger partial charge in [0.2, 0.25) is 0 Å². The maximum Gasteiger partial charge on any atom is 0.379 e. The second-order valence-corrected chi connectivity index (χ2v) is 4.10. The second-order valence-electron chi connectivity index (χ2n) is 3.24. The summed E-state index contributed by atoms with van der Waals surface area (Å²) in [6.07, 6.45) is 0. The Morgan fingerprint density at radius 1 is 1.56 bits per heavy atom. The minimum Gasteiger partial charge on any atom is -0.460 e. The number of halogens is 2. The first kappa shape index (κ1) is 12.7. The summed E-state index contributed by atoms with van der Waals surface area (Å²) >= 11 is 3.05. The highest BCUT2D eigenvalue weighted by Gasteiger charge is 2.19. The van der Waals surface area contributed by atoms with Crippen LogP contribution < -0.4 is 0 Å². The molecular formula is C11H8BrFN2O3. The summed E-state index contributed by atoms with van der Waals surface area (Å²) in [7, 11) is 0. The fourth-order valence-electron chi connectivity index (χ4n) is 1.28. The first-order chi connectivity index (χ1) is 8.63. The zero-order chi connectivity index (χ0) is 13.1. The largest absolute Gasteiger partial charge is 0.460 e. The number of rotatable bonds is 3. The Hall–Kier alpha value is -1.76. The predicted octanol–water partition coefficient (Wildman–Crippen LogP) is 2.81. The molecule has 0 saturated carbocycles. The predicted molar refractivity (Wildman–Crippen MR) is 63.3 cm³/mol. The second kappa shape index (κ2) is 5.26. The molecule has 0 amide bonds. The molecule has 94 valence electrons. The number of nitrogens with zero attached hydrogens (tertiary/aromatic N) is 2. The van der Waals surface area contributed by atoms with Crippen molar-refractivity contribution < 1.29 is 18.4 Å². The van der Waals surface area contributed by atoms with E-state index in [4.69, 9.17) is 9.26 Å². The summed E-state index contributed by atoms with van der Waals surface area (Å²) in [4.78, 5) is 15.1. The van der Waals surface area contributed by atoms with Crippen LogP contribution in [-0.4, -0.2) is 22.7 Å².